The zero-order valence-electron chi connectivity index (χ0n) is 5.49. The monoisotopic (exact) mass is 125 g/mol. The Bertz CT molecular complexity index is 134. The van der Waals surface area contributed by atoms with Gasteiger partial charge in [0.1, 0.15) is 0 Å². The van der Waals surface area contributed by atoms with Crippen LogP contribution in [-0.4, -0.2) is 6.17 Å². The summed E-state index contributed by atoms with van der Waals surface area (Å²) < 4.78 is 0. The average molecular weight is 125 g/mol. The summed E-state index contributed by atoms with van der Waals surface area (Å²) in [5.74, 6) is 1.59. The van der Waals surface area contributed by atoms with Crippen molar-refractivity contribution in [3.05, 3.63) is 24.8 Å². The lowest BCUT2D eigenvalue weighted by Crippen LogP contribution is -2.50. The van der Waals surface area contributed by atoms with Crippen molar-refractivity contribution in [2.75, 3.05) is 0 Å². The van der Waals surface area contributed by atoms with E-state index in [1.807, 2.05) is 6.92 Å². The summed E-state index contributed by atoms with van der Waals surface area (Å²) in [6, 6.07) is 0. The van der Waals surface area contributed by atoms with Crippen LogP contribution in [0.15, 0.2) is 24.8 Å². The lowest BCUT2D eigenvalue weighted by molar-refractivity contribution is 0.465. The van der Waals surface area contributed by atoms with E-state index in [4.69, 9.17) is 0 Å². The normalized spacial score (nSPS) is 20.1. The third kappa shape index (κ3) is 1.38. The van der Waals surface area contributed by atoms with E-state index in [2.05, 4.69) is 29.1 Å². The van der Waals surface area contributed by atoms with Crippen molar-refractivity contribution in [2.45, 2.75) is 13.1 Å². The smallest absolute Gasteiger partial charge is 0.0983 e. The average Bonchev–Trinajstić information content (AvgIpc) is 1.59. The molecule has 3 nitrogen and oxygen atoms in total. The number of hydrogen-bond donors (Lipinski definition) is 3. The fraction of sp³-hybridized carbons (Fsp3) is 0.333. The van der Waals surface area contributed by atoms with E-state index in [0.717, 1.165) is 11.6 Å². The molecule has 1 heterocycles. The molecule has 1 aliphatic heterocycles. The van der Waals surface area contributed by atoms with Gasteiger partial charge in [0, 0.05) is 0 Å². The molecule has 0 aliphatic carbocycles. The molecule has 0 radical (unpaired) electrons. The number of nitrogens with one attached hydrogen (secondary N) is 3. The molecule has 3 heteroatoms. The first-order chi connectivity index (χ1) is 4.18. The first-order valence-corrected chi connectivity index (χ1v) is 2.86. The molecule has 1 fully saturated rings. The second-order valence-corrected chi connectivity index (χ2v) is 2.09. The summed E-state index contributed by atoms with van der Waals surface area (Å²) in [5.41, 5.74) is 0. The molecule has 9 heavy (non-hydrogen) atoms. The lowest BCUT2D eigenvalue weighted by atomic mass is 10.4. The Labute approximate surface area is 54.8 Å². The highest BCUT2D eigenvalue weighted by molar-refractivity contribution is 5.07. The largest absolute Gasteiger partial charge is 0.352 e. The highest BCUT2D eigenvalue weighted by Gasteiger charge is 2.08. The molecule has 0 spiro atoms. The third-order valence-corrected chi connectivity index (χ3v) is 1.08. The topological polar surface area (TPSA) is 36.1 Å². The van der Waals surface area contributed by atoms with Crippen LogP contribution in [0, 0.1) is 0 Å². The second-order valence-electron chi connectivity index (χ2n) is 2.09. The first kappa shape index (κ1) is 6.01. The van der Waals surface area contributed by atoms with Gasteiger partial charge in [-0.2, -0.15) is 0 Å². The van der Waals surface area contributed by atoms with Crippen molar-refractivity contribution in [2.24, 2.45) is 0 Å². The zero-order chi connectivity index (χ0) is 6.85. The minimum Gasteiger partial charge on any atom is -0.352 e. The van der Waals surface area contributed by atoms with Gasteiger partial charge in [0.15, 0.2) is 0 Å². The van der Waals surface area contributed by atoms with Crippen molar-refractivity contribution in [1.82, 2.24) is 16.0 Å². The van der Waals surface area contributed by atoms with Gasteiger partial charge in [-0.05, 0) is 6.92 Å². The maximum absolute atomic E-state index is 3.69. The molecule has 3 N–H and O–H groups in total. The van der Waals surface area contributed by atoms with Gasteiger partial charge >= 0.3 is 0 Å². The van der Waals surface area contributed by atoms with Gasteiger partial charge in [-0.25, -0.2) is 0 Å². The van der Waals surface area contributed by atoms with Crippen LogP contribution >= 0.6 is 0 Å². The molecule has 0 atom stereocenters. The van der Waals surface area contributed by atoms with Crippen LogP contribution in [-0.2, 0) is 0 Å². The quantitative estimate of drug-likeness (QED) is 0.428. The van der Waals surface area contributed by atoms with Gasteiger partial charge in [0.05, 0.1) is 17.8 Å². The van der Waals surface area contributed by atoms with Gasteiger partial charge < -0.3 is 16.0 Å². The third-order valence-electron chi connectivity index (χ3n) is 1.08. The molecule has 1 aliphatic rings. The van der Waals surface area contributed by atoms with Crippen LogP contribution in [0.4, 0.5) is 0 Å². The predicted octanol–water partition coefficient (Wildman–Crippen LogP) is 0.0572. The number of rotatable bonds is 0. The zero-order valence-corrected chi connectivity index (χ0v) is 5.49. The summed E-state index contributed by atoms with van der Waals surface area (Å²) in [4.78, 5) is 0. The van der Waals surface area contributed by atoms with Gasteiger partial charge in [0.25, 0.3) is 0 Å². The highest BCUT2D eigenvalue weighted by Crippen LogP contribution is 1.93. The first-order valence-electron chi connectivity index (χ1n) is 2.86. The Morgan fingerprint density at radius 3 is 2.00 bits per heavy atom. The van der Waals surface area contributed by atoms with E-state index in [-0.39, 0.29) is 6.17 Å². The van der Waals surface area contributed by atoms with Crippen molar-refractivity contribution in [3.8, 4) is 0 Å². The summed E-state index contributed by atoms with van der Waals surface area (Å²) >= 11 is 0. The molecule has 0 unspecified atom stereocenters. The van der Waals surface area contributed by atoms with Crippen molar-refractivity contribution >= 4 is 0 Å². The standard InChI is InChI=1S/C6H11N3/c1-4-7-5(2)9-6(3)8-4/h6-9H,1-2H2,3H3. The van der Waals surface area contributed by atoms with Crippen LogP contribution < -0.4 is 16.0 Å². The molecule has 0 saturated carbocycles. The van der Waals surface area contributed by atoms with Gasteiger partial charge in [-0.3, -0.25) is 0 Å². The van der Waals surface area contributed by atoms with E-state index in [0.29, 0.717) is 0 Å². The minimum absolute atomic E-state index is 0.228. The van der Waals surface area contributed by atoms with Crippen LogP contribution in [0.2, 0.25) is 0 Å². The van der Waals surface area contributed by atoms with Gasteiger partial charge in [0.2, 0.25) is 0 Å². The van der Waals surface area contributed by atoms with Crippen LogP contribution in [0.1, 0.15) is 6.92 Å². The molecule has 0 amide bonds. The molecule has 0 aromatic heterocycles. The minimum atomic E-state index is 0.228. The van der Waals surface area contributed by atoms with Crippen LogP contribution in [0.3, 0.4) is 0 Å². The van der Waals surface area contributed by atoms with Crippen molar-refractivity contribution in [3.63, 3.8) is 0 Å². The molecule has 1 saturated heterocycles. The van der Waals surface area contributed by atoms with E-state index in [1.165, 1.54) is 0 Å². The Balaban J connectivity index is 2.53. The van der Waals surface area contributed by atoms with E-state index in [9.17, 15) is 0 Å². The molecule has 0 aromatic carbocycles. The summed E-state index contributed by atoms with van der Waals surface area (Å²) in [6.07, 6.45) is 0.228. The molecule has 0 bridgehead atoms. The van der Waals surface area contributed by atoms with Crippen molar-refractivity contribution in [1.29, 1.82) is 0 Å². The molecule has 1 rings (SSSR count). The fourth-order valence-corrected chi connectivity index (χ4v) is 0.813. The molecular weight excluding hydrogens is 114 g/mol. The maximum Gasteiger partial charge on any atom is 0.0983 e. The van der Waals surface area contributed by atoms with Crippen molar-refractivity contribution < 1.29 is 0 Å². The van der Waals surface area contributed by atoms with Gasteiger partial charge in [-0.15, -0.1) is 0 Å². The predicted molar refractivity (Wildman–Crippen MR) is 37.1 cm³/mol. The summed E-state index contributed by atoms with van der Waals surface area (Å²) in [7, 11) is 0. The Morgan fingerprint density at radius 2 is 1.67 bits per heavy atom. The highest BCUT2D eigenvalue weighted by atomic mass is 15.3. The Kier molecular flexibility index (Phi) is 1.34. The van der Waals surface area contributed by atoms with Crippen LogP contribution in [0.5, 0.6) is 0 Å². The van der Waals surface area contributed by atoms with E-state index in [1.54, 1.807) is 0 Å². The Morgan fingerprint density at radius 1 is 1.22 bits per heavy atom. The summed E-state index contributed by atoms with van der Waals surface area (Å²) in [6.45, 7) is 9.38. The maximum atomic E-state index is 3.69. The second kappa shape index (κ2) is 2.01. The van der Waals surface area contributed by atoms with Crippen LogP contribution in [0.25, 0.3) is 0 Å². The lowest BCUT2D eigenvalue weighted by Gasteiger charge is -2.28. The van der Waals surface area contributed by atoms with E-state index < -0.39 is 0 Å². The van der Waals surface area contributed by atoms with E-state index >= 15 is 0 Å². The molecule has 0 aromatic rings. The molecule has 50 valence electrons. The number of hydrogen-bond acceptors (Lipinski definition) is 3. The molecular formula is C6H11N3. The Hall–Kier alpha value is -1.12. The SMILES string of the molecule is C=C1NC(=C)NC(C)N1. The fourth-order valence-electron chi connectivity index (χ4n) is 0.813. The summed E-state index contributed by atoms with van der Waals surface area (Å²) in [5, 5.41) is 8.96. The van der Waals surface area contributed by atoms with Gasteiger partial charge in [-0.1, -0.05) is 13.2 Å².